The van der Waals surface area contributed by atoms with Gasteiger partial charge < -0.3 is 9.80 Å². The zero-order valence-corrected chi connectivity index (χ0v) is 13.8. The summed E-state index contributed by atoms with van der Waals surface area (Å²) in [4.78, 5) is 18.3. The molecule has 1 aromatic rings. The fraction of sp³-hybridized carbons (Fsp3) is 0.733. The van der Waals surface area contributed by atoms with Gasteiger partial charge in [0.25, 0.3) is 0 Å². The fourth-order valence-electron chi connectivity index (χ4n) is 3.10. The summed E-state index contributed by atoms with van der Waals surface area (Å²) in [6.45, 7) is 1.48. The number of aromatic nitrogens is 2. The molecular weight excluding hydrogens is 266 g/mol. The number of carbonyl (C=O) groups is 1. The Morgan fingerprint density at radius 2 is 2.10 bits per heavy atom. The van der Waals surface area contributed by atoms with Gasteiger partial charge in [-0.15, -0.1) is 0 Å². The SMILES string of the molecule is CN(C)C(=O)CN1CC[C@H](N(C)C)[C@H]1Cc1cnn(C)c1. The van der Waals surface area contributed by atoms with Crippen molar-refractivity contribution in [3.05, 3.63) is 18.0 Å². The minimum absolute atomic E-state index is 0.172. The standard InChI is InChI=1S/C15H27N5O/c1-17(2)13-6-7-20(11-15(21)18(3)4)14(13)8-12-9-16-19(5)10-12/h9-10,13-14H,6-8,11H2,1-5H3/t13-,14+/m0/s1. The van der Waals surface area contributed by atoms with Gasteiger partial charge in [-0.25, -0.2) is 0 Å². The number of aryl methyl sites for hydroxylation is 1. The summed E-state index contributed by atoms with van der Waals surface area (Å²) in [6, 6.07) is 0.855. The highest BCUT2D eigenvalue weighted by atomic mass is 16.2. The molecule has 0 N–H and O–H groups in total. The van der Waals surface area contributed by atoms with E-state index in [0.717, 1.165) is 19.4 Å². The van der Waals surface area contributed by atoms with Crippen LogP contribution in [-0.2, 0) is 18.3 Å². The van der Waals surface area contributed by atoms with Crippen LogP contribution in [0.2, 0.25) is 0 Å². The van der Waals surface area contributed by atoms with E-state index in [2.05, 4.69) is 35.2 Å². The second kappa shape index (κ2) is 6.58. The third kappa shape index (κ3) is 3.83. The molecule has 0 saturated carbocycles. The molecule has 6 nitrogen and oxygen atoms in total. The van der Waals surface area contributed by atoms with Crippen molar-refractivity contribution in [1.82, 2.24) is 24.5 Å². The van der Waals surface area contributed by atoms with E-state index in [1.807, 2.05) is 32.0 Å². The van der Waals surface area contributed by atoms with Gasteiger partial charge in [0.1, 0.15) is 0 Å². The van der Waals surface area contributed by atoms with Crippen LogP contribution in [0.4, 0.5) is 0 Å². The summed E-state index contributed by atoms with van der Waals surface area (Å²) in [6.07, 6.45) is 6.05. The Bertz CT molecular complexity index is 482. The first kappa shape index (κ1) is 16.0. The van der Waals surface area contributed by atoms with Gasteiger partial charge in [0.15, 0.2) is 0 Å². The Hall–Kier alpha value is -1.40. The van der Waals surface area contributed by atoms with E-state index in [1.165, 1.54) is 5.56 Å². The predicted octanol–water partition coefficient (Wildman–Crippen LogP) is 0.0553. The van der Waals surface area contributed by atoms with Crippen molar-refractivity contribution in [3.8, 4) is 0 Å². The lowest BCUT2D eigenvalue weighted by molar-refractivity contribution is -0.130. The first-order valence-electron chi connectivity index (χ1n) is 7.46. The molecule has 2 rings (SSSR count). The molecule has 6 heteroatoms. The molecule has 2 atom stereocenters. The maximum absolute atomic E-state index is 12.0. The summed E-state index contributed by atoms with van der Waals surface area (Å²) in [5.74, 6) is 0.172. The lowest BCUT2D eigenvalue weighted by atomic mass is 10.0. The molecule has 2 heterocycles. The van der Waals surface area contributed by atoms with Crippen LogP contribution >= 0.6 is 0 Å². The third-order valence-corrected chi connectivity index (χ3v) is 4.33. The van der Waals surface area contributed by atoms with Gasteiger partial charge in [-0.1, -0.05) is 0 Å². The van der Waals surface area contributed by atoms with Crippen LogP contribution in [0.1, 0.15) is 12.0 Å². The van der Waals surface area contributed by atoms with Crippen molar-refractivity contribution in [1.29, 1.82) is 0 Å². The maximum Gasteiger partial charge on any atom is 0.236 e. The van der Waals surface area contributed by atoms with Crippen molar-refractivity contribution in [3.63, 3.8) is 0 Å². The molecule has 1 aliphatic heterocycles. The highest BCUT2D eigenvalue weighted by molar-refractivity contribution is 5.77. The quantitative estimate of drug-likeness (QED) is 0.770. The minimum atomic E-state index is 0.172. The second-order valence-electron chi connectivity index (χ2n) is 6.37. The Kier molecular flexibility index (Phi) is 5.00. The molecule has 118 valence electrons. The second-order valence-corrected chi connectivity index (χ2v) is 6.37. The van der Waals surface area contributed by atoms with Crippen molar-refractivity contribution in [2.45, 2.75) is 24.9 Å². The number of likely N-dealkylation sites (N-methyl/N-ethyl adjacent to an activating group) is 2. The normalized spacial score (nSPS) is 23.0. The number of rotatable bonds is 5. The molecule has 1 amide bonds. The van der Waals surface area contributed by atoms with E-state index >= 15 is 0 Å². The van der Waals surface area contributed by atoms with Gasteiger partial charge >= 0.3 is 0 Å². The van der Waals surface area contributed by atoms with E-state index < -0.39 is 0 Å². The predicted molar refractivity (Wildman–Crippen MR) is 83.1 cm³/mol. The monoisotopic (exact) mass is 293 g/mol. The van der Waals surface area contributed by atoms with E-state index in [-0.39, 0.29) is 5.91 Å². The number of hydrogen-bond donors (Lipinski definition) is 0. The van der Waals surface area contributed by atoms with Crippen LogP contribution in [0.25, 0.3) is 0 Å². The molecule has 1 aromatic heterocycles. The Morgan fingerprint density at radius 1 is 1.38 bits per heavy atom. The van der Waals surface area contributed by atoms with Crippen LogP contribution in [0, 0.1) is 0 Å². The smallest absolute Gasteiger partial charge is 0.236 e. The first-order valence-corrected chi connectivity index (χ1v) is 7.46. The number of carbonyl (C=O) groups excluding carboxylic acids is 1. The van der Waals surface area contributed by atoms with Gasteiger partial charge in [-0.2, -0.15) is 5.10 Å². The third-order valence-electron chi connectivity index (χ3n) is 4.33. The van der Waals surface area contributed by atoms with E-state index in [9.17, 15) is 4.79 Å². The van der Waals surface area contributed by atoms with Crippen molar-refractivity contribution in [2.24, 2.45) is 7.05 Å². The van der Waals surface area contributed by atoms with Crippen LogP contribution in [0.15, 0.2) is 12.4 Å². The zero-order valence-electron chi connectivity index (χ0n) is 13.8. The van der Waals surface area contributed by atoms with Gasteiger partial charge in [0.2, 0.25) is 5.91 Å². The number of nitrogens with zero attached hydrogens (tertiary/aromatic N) is 5. The minimum Gasteiger partial charge on any atom is -0.348 e. The summed E-state index contributed by atoms with van der Waals surface area (Å²) < 4.78 is 1.84. The Balaban J connectivity index is 2.10. The van der Waals surface area contributed by atoms with Crippen LogP contribution < -0.4 is 0 Å². The molecule has 0 spiro atoms. The molecule has 0 aromatic carbocycles. The van der Waals surface area contributed by atoms with Crippen molar-refractivity contribution < 1.29 is 4.79 Å². The van der Waals surface area contributed by atoms with Crippen LogP contribution in [-0.4, -0.2) is 83.8 Å². The molecule has 21 heavy (non-hydrogen) atoms. The molecule has 0 aliphatic carbocycles. The molecular formula is C15H27N5O. The van der Waals surface area contributed by atoms with Crippen molar-refractivity contribution >= 4 is 5.91 Å². The van der Waals surface area contributed by atoms with Crippen LogP contribution in [0.5, 0.6) is 0 Å². The average Bonchev–Trinajstić information content (AvgIpc) is 2.97. The number of likely N-dealkylation sites (tertiary alicyclic amines) is 1. The summed E-state index contributed by atoms with van der Waals surface area (Å²) in [5, 5.41) is 4.25. The summed E-state index contributed by atoms with van der Waals surface area (Å²) >= 11 is 0. The first-order chi connectivity index (χ1) is 9.88. The molecule has 1 aliphatic rings. The average molecular weight is 293 g/mol. The van der Waals surface area contributed by atoms with Gasteiger partial charge in [-0.3, -0.25) is 14.4 Å². The van der Waals surface area contributed by atoms with Crippen molar-refractivity contribution in [2.75, 3.05) is 41.3 Å². The summed E-state index contributed by atoms with van der Waals surface area (Å²) in [5.41, 5.74) is 1.23. The largest absolute Gasteiger partial charge is 0.348 e. The fourth-order valence-corrected chi connectivity index (χ4v) is 3.10. The number of amides is 1. The lowest BCUT2D eigenvalue weighted by Crippen LogP contribution is -2.46. The summed E-state index contributed by atoms with van der Waals surface area (Å²) in [7, 11) is 9.82. The highest BCUT2D eigenvalue weighted by Gasteiger charge is 2.36. The molecule has 0 bridgehead atoms. The Morgan fingerprint density at radius 3 is 2.62 bits per heavy atom. The molecule has 0 unspecified atom stereocenters. The van der Waals surface area contributed by atoms with Crippen LogP contribution in [0.3, 0.4) is 0 Å². The van der Waals surface area contributed by atoms with E-state index in [1.54, 1.807) is 4.90 Å². The highest BCUT2D eigenvalue weighted by Crippen LogP contribution is 2.24. The lowest BCUT2D eigenvalue weighted by Gasteiger charge is -2.31. The zero-order chi connectivity index (χ0) is 15.6. The van der Waals surface area contributed by atoms with Gasteiger partial charge in [0.05, 0.1) is 12.7 Å². The Labute approximate surface area is 127 Å². The van der Waals surface area contributed by atoms with E-state index in [4.69, 9.17) is 0 Å². The van der Waals surface area contributed by atoms with Gasteiger partial charge in [-0.05, 0) is 32.5 Å². The topological polar surface area (TPSA) is 44.6 Å². The maximum atomic E-state index is 12.0. The number of hydrogen-bond acceptors (Lipinski definition) is 4. The van der Waals surface area contributed by atoms with Gasteiger partial charge in [0, 0.05) is 46.0 Å². The van der Waals surface area contributed by atoms with E-state index in [0.29, 0.717) is 18.6 Å². The molecule has 1 saturated heterocycles. The molecule has 0 radical (unpaired) electrons. The molecule has 1 fully saturated rings.